The highest BCUT2D eigenvalue weighted by Gasteiger charge is 2.08. The molecule has 0 amide bonds. The first kappa shape index (κ1) is 10.6. The number of hydrogen-bond acceptors (Lipinski definition) is 1. The summed E-state index contributed by atoms with van der Waals surface area (Å²) in [6.07, 6.45) is 1.55. The number of benzene rings is 1. The van der Waals surface area contributed by atoms with E-state index in [9.17, 15) is 9.18 Å². The molecule has 0 spiro atoms. The van der Waals surface area contributed by atoms with Gasteiger partial charge in [0, 0.05) is 24.4 Å². The Kier molecular flexibility index (Phi) is 2.86. The average molecular weight is 217 g/mol. The van der Waals surface area contributed by atoms with Crippen LogP contribution >= 0.6 is 0 Å². The Balaban J connectivity index is 2.25. The van der Waals surface area contributed by atoms with Crippen LogP contribution in [-0.2, 0) is 6.54 Å². The molecule has 0 fully saturated rings. The largest absolute Gasteiger partial charge is 0.320 e. The number of hydrogen-bond donors (Lipinski definition) is 0. The smallest absolute Gasteiger partial charge is 0.194 e. The van der Waals surface area contributed by atoms with Crippen LogP contribution in [0.2, 0.25) is 0 Å². The van der Waals surface area contributed by atoms with Crippen molar-refractivity contribution in [2.24, 2.45) is 0 Å². The normalized spacial score (nSPS) is 10.4. The van der Waals surface area contributed by atoms with Gasteiger partial charge in [-0.15, -0.1) is 0 Å². The molecule has 0 radical (unpaired) electrons. The van der Waals surface area contributed by atoms with Crippen LogP contribution < -0.4 is 0 Å². The van der Waals surface area contributed by atoms with E-state index in [2.05, 4.69) is 0 Å². The van der Waals surface area contributed by atoms with Crippen molar-refractivity contribution in [3.05, 3.63) is 59.7 Å². The molecule has 16 heavy (non-hydrogen) atoms. The van der Waals surface area contributed by atoms with Gasteiger partial charge in [-0.05, 0) is 12.5 Å². The van der Waals surface area contributed by atoms with Crippen LogP contribution in [0, 0.1) is 5.95 Å². The average Bonchev–Trinajstić information content (AvgIpc) is 2.62. The molecule has 1 heterocycles. The molecular formula is C13H12FNO. The second kappa shape index (κ2) is 4.31. The molecule has 0 saturated carbocycles. The Morgan fingerprint density at radius 1 is 1.31 bits per heavy atom. The minimum atomic E-state index is -0.381. The molecule has 1 aromatic heterocycles. The first-order valence-electron chi connectivity index (χ1n) is 5.07. The van der Waals surface area contributed by atoms with Crippen molar-refractivity contribution in [1.29, 1.82) is 0 Å². The number of carbonyl (C=O) groups excluding carboxylic acids is 1. The standard InChI is InChI=1S/C13H12FNO/c1-10(16)12-7-13(14)15(9-12)8-11-5-3-2-4-6-11/h2-7,9H,8H2,1H3. The summed E-state index contributed by atoms with van der Waals surface area (Å²) >= 11 is 0. The lowest BCUT2D eigenvalue weighted by atomic mass is 10.2. The van der Waals surface area contributed by atoms with Gasteiger partial charge in [-0.2, -0.15) is 4.39 Å². The Hall–Kier alpha value is -1.90. The number of halogens is 1. The van der Waals surface area contributed by atoms with Crippen molar-refractivity contribution in [2.75, 3.05) is 0 Å². The van der Waals surface area contributed by atoms with E-state index >= 15 is 0 Å². The van der Waals surface area contributed by atoms with Crippen LogP contribution in [0.4, 0.5) is 4.39 Å². The van der Waals surface area contributed by atoms with Crippen molar-refractivity contribution in [1.82, 2.24) is 4.57 Å². The Morgan fingerprint density at radius 3 is 2.56 bits per heavy atom. The van der Waals surface area contributed by atoms with E-state index in [0.29, 0.717) is 12.1 Å². The van der Waals surface area contributed by atoms with E-state index in [-0.39, 0.29) is 11.7 Å². The summed E-state index contributed by atoms with van der Waals surface area (Å²) in [5, 5.41) is 0. The van der Waals surface area contributed by atoms with Gasteiger partial charge in [-0.1, -0.05) is 30.3 Å². The second-order valence-corrected chi connectivity index (χ2v) is 3.72. The fourth-order valence-electron chi connectivity index (χ4n) is 1.57. The molecule has 0 aliphatic carbocycles. The summed E-state index contributed by atoms with van der Waals surface area (Å²) in [7, 11) is 0. The van der Waals surface area contributed by atoms with E-state index in [1.807, 2.05) is 30.3 Å². The maximum atomic E-state index is 13.5. The molecule has 1 aromatic carbocycles. The van der Waals surface area contributed by atoms with E-state index in [1.54, 1.807) is 6.20 Å². The van der Waals surface area contributed by atoms with Gasteiger partial charge in [0.25, 0.3) is 0 Å². The molecule has 2 aromatic rings. The zero-order valence-electron chi connectivity index (χ0n) is 8.98. The number of carbonyl (C=O) groups is 1. The van der Waals surface area contributed by atoms with Gasteiger partial charge in [0.2, 0.25) is 0 Å². The fourth-order valence-corrected chi connectivity index (χ4v) is 1.57. The minimum Gasteiger partial charge on any atom is -0.320 e. The van der Waals surface area contributed by atoms with Gasteiger partial charge in [-0.25, -0.2) is 0 Å². The van der Waals surface area contributed by atoms with E-state index in [4.69, 9.17) is 0 Å². The van der Waals surface area contributed by atoms with Crippen LogP contribution in [0.25, 0.3) is 0 Å². The van der Waals surface area contributed by atoms with Gasteiger partial charge in [0.1, 0.15) is 0 Å². The number of aromatic nitrogens is 1. The summed E-state index contributed by atoms with van der Waals surface area (Å²) in [4.78, 5) is 11.1. The minimum absolute atomic E-state index is 0.120. The number of nitrogens with zero attached hydrogens (tertiary/aromatic N) is 1. The van der Waals surface area contributed by atoms with Crippen molar-refractivity contribution < 1.29 is 9.18 Å². The van der Waals surface area contributed by atoms with Crippen molar-refractivity contribution >= 4 is 5.78 Å². The highest BCUT2D eigenvalue weighted by molar-refractivity contribution is 5.93. The lowest BCUT2D eigenvalue weighted by molar-refractivity contribution is 0.101. The van der Waals surface area contributed by atoms with Crippen LogP contribution in [-0.4, -0.2) is 10.4 Å². The molecule has 0 atom stereocenters. The summed E-state index contributed by atoms with van der Waals surface area (Å²) in [5.41, 5.74) is 1.42. The molecule has 0 aliphatic rings. The summed E-state index contributed by atoms with van der Waals surface area (Å²) in [6, 6.07) is 10.8. The van der Waals surface area contributed by atoms with Gasteiger partial charge in [-0.3, -0.25) is 4.79 Å². The van der Waals surface area contributed by atoms with E-state index < -0.39 is 0 Å². The number of Topliss-reactive ketones (excluding diaryl/α,β-unsaturated/α-hetero) is 1. The molecular weight excluding hydrogens is 205 g/mol. The highest BCUT2D eigenvalue weighted by atomic mass is 19.1. The van der Waals surface area contributed by atoms with Crippen LogP contribution in [0.5, 0.6) is 0 Å². The van der Waals surface area contributed by atoms with Gasteiger partial charge >= 0.3 is 0 Å². The summed E-state index contributed by atoms with van der Waals surface area (Å²) < 4.78 is 14.9. The Morgan fingerprint density at radius 2 is 2.00 bits per heavy atom. The third-order valence-corrected chi connectivity index (χ3v) is 2.45. The van der Waals surface area contributed by atoms with Gasteiger partial charge in [0.05, 0.1) is 0 Å². The maximum Gasteiger partial charge on any atom is 0.194 e. The predicted molar refractivity (Wildman–Crippen MR) is 59.9 cm³/mol. The molecule has 0 N–H and O–H groups in total. The molecule has 0 unspecified atom stereocenters. The van der Waals surface area contributed by atoms with Crippen LogP contribution in [0.3, 0.4) is 0 Å². The second-order valence-electron chi connectivity index (χ2n) is 3.72. The maximum absolute atomic E-state index is 13.5. The number of ketones is 1. The third kappa shape index (κ3) is 2.19. The van der Waals surface area contributed by atoms with Crippen LogP contribution in [0.1, 0.15) is 22.8 Å². The highest BCUT2D eigenvalue weighted by Crippen LogP contribution is 2.11. The molecule has 82 valence electrons. The van der Waals surface area contributed by atoms with Crippen molar-refractivity contribution in [3.8, 4) is 0 Å². The SMILES string of the molecule is CC(=O)c1cc(F)n(Cc2ccccc2)c1. The molecule has 2 rings (SSSR count). The molecule has 0 aliphatic heterocycles. The summed E-state index contributed by atoms with van der Waals surface area (Å²) in [5.74, 6) is -0.500. The predicted octanol–water partition coefficient (Wildman–Crippen LogP) is 2.88. The van der Waals surface area contributed by atoms with Crippen molar-refractivity contribution in [3.63, 3.8) is 0 Å². The zero-order valence-corrected chi connectivity index (χ0v) is 8.98. The van der Waals surface area contributed by atoms with E-state index in [1.165, 1.54) is 17.6 Å². The lowest BCUT2D eigenvalue weighted by Gasteiger charge is -2.03. The Bertz CT molecular complexity index is 502. The molecule has 3 heteroatoms. The van der Waals surface area contributed by atoms with Crippen molar-refractivity contribution in [2.45, 2.75) is 13.5 Å². The third-order valence-electron chi connectivity index (χ3n) is 2.45. The van der Waals surface area contributed by atoms with E-state index in [0.717, 1.165) is 5.56 Å². The molecule has 0 saturated heterocycles. The first-order valence-corrected chi connectivity index (χ1v) is 5.07. The first-order chi connectivity index (χ1) is 7.66. The van der Waals surface area contributed by atoms with Crippen LogP contribution in [0.15, 0.2) is 42.6 Å². The zero-order chi connectivity index (χ0) is 11.5. The quantitative estimate of drug-likeness (QED) is 0.724. The van der Waals surface area contributed by atoms with Gasteiger partial charge < -0.3 is 4.57 Å². The monoisotopic (exact) mass is 217 g/mol. The summed E-state index contributed by atoms with van der Waals surface area (Å²) in [6.45, 7) is 1.88. The Labute approximate surface area is 93.3 Å². The molecule has 0 bridgehead atoms. The topological polar surface area (TPSA) is 22.0 Å². The molecule has 2 nitrogen and oxygen atoms in total. The fraction of sp³-hybridized carbons (Fsp3) is 0.154. The number of rotatable bonds is 3. The lowest BCUT2D eigenvalue weighted by Crippen LogP contribution is -2.00. The van der Waals surface area contributed by atoms with Gasteiger partial charge in [0.15, 0.2) is 11.7 Å².